The fraction of sp³-hybridized carbons (Fsp3) is 0.333. The number of nitriles is 1. The van der Waals surface area contributed by atoms with E-state index in [1.54, 1.807) is 17.9 Å². The van der Waals surface area contributed by atoms with Gasteiger partial charge in [0.2, 0.25) is 11.0 Å². The summed E-state index contributed by atoms with van der Waals surface area (Å²) < 4.78 is 5.51. The molecule has 0 bridgehead atoms. The maximum Gasteiger partial charge on any atom is 0.236 e. The maximum absolute atomic E-state index is 13.5. The van der Waals surface area contributed by atoms with Crippen LogP contribution in [-0.4, -0.2) is 32.8 Å². The largest absolute Gasteiger partial charge is 0.384 e. The number of nitrogens with two attached hydrogens (primary N) is 1. The van der Waals surface area contributed by atoms with Gasteiger partial charge in [-0.05, 0) is 30.2 Å². The number of nitrogens with zero attached hydrogens (tertiary/aromatic N) is 5. The van der Waals surface area contributed by atoms with Crippen molar-refractivity contribution in [3.05, 3.63) is 56.9 Å². The first-order valence-corrected chi connectivity index (χ1v) is 14.0. The molecular weight excluding hydrogens is 531 g/mol. The van der Waals surface area contributed by atoms with Crippen molar-refractivity contribution in [2.75, 3.05) is 16.0 Å². The molecule has 2 aliphatic rings. The zero-order valence-electron chi connectivity index (χ0n) is 20.3. The number of carbonyl (C=O) groups is 2. The van der Waals surface area contributed by atoms with E-state index in [1.807, 2.05) is 31.4 Å². The van der Waals surface area contributed by atoms with Crippen LogP contribution in [0.4, 0.5) is 10.9 Å². The number of carbonyl (C=O) groups excluding carboxylic acids is 2. The lowest BCUT2D eigenvalue weighted by Gasteiger charge is -2.42. The minimum atomic E-state index is -0.495. The predicted octanol–water partition coefficient (Wildman–Crippen LogP) is 4.57. The highest BCUT2D eigenvalue weighted by Crippen LogP contribution is 2.51. The fourth-order valence-electron chi connectivity index (χ4n) is 4.55. The smallest absolute Gasteiger partial charge is 0.236 e. The van der Waals surface area contributed by atoms with Crippen molar-refractivity contribution < 1.29 is 14.1 Å². The van der Waals surface area contributed by atoms with Crippen LogP contribution in [0.1, 0.15) is 43.2 Å². The molecule has 0 spiro atoms. The van der Waals surface area contributed by atoms with Gasteiger partial charge in [0.05, 0.1) is 23.3 Å². The van der Waals surface area contributed by atoms with Crippen LogP contribution >= 0.6 is 34.4 Å². The number of rotatable bonds is 6. The minimum absolute atomic E-state index is 0.00813. The van der Waals surface area contributed by atoms with Gasteiger partial charge in [0.25, 0.3) is 0 Å². The van der Waals surface area contributed by atoms with Gasteiger partial charge in [-0.2, -0.15) is 5.26 Å². The standard InChI is InChI=1S/C24H23N7O3S3/c1-12-7-17(30-34-12)27-18(33)11-36-23-29-28-22(37-23)31-14-8-24(2,3)9-15(32)20(14)19(13(10-25)21(31)26)16-5-4-6-35-16/h4-7,19H,8-9,11,26H2,1-3H3,(H,27,30,33). The number of hydrogen-bond acceptors (Lipinski definition) is 12. The molecular formula is C24H23N7O3S3. The second-order valence-electron chi connectivity index (χ2n) is 9.51. The lowest BCUT2D eigenvalue weighted by molar-refractivity contribution is -0.118. The molecule has 0 radical (unpaired) electrons. The molecule has 190 valence electrons. The van der Waals surface area contributed by atoms with Crippen LogP contribution in [0.2, 0.25) is 0 Å². The Balaban J connectivity index is 1.45. The van der Waals surface area contributed by atoms with Gasteiger partial charge in [0.15, 0.2) is 15.9 Å². The third-order valence-electron chi connectivity index (χ3n) is 6.02. The van der Waals surface area contributed by atoms with E-state index in [4.69, 9.17) is 10.3 Å². The Bertz CT molecular complexity index is 1480. The van der Waals surface area contributed by atoms with E-state index in [0.29, 0.717) is 45.0 Å². The van der Waals surface area contributed by atoms with Crippen molar-refractivity contribution in [2.24, 2.45) is 11.1 Å². The van der Waals surface area contributed by atoms with Gasteiger partial charge in [-0.1, -0.05) is 48.2 Å². The molecule has 0 saturated carbocycles. The van der Waals surface area contributed by atoms with E-state index in [2.05, 4.69) is 26.7 Å². The maximum atomic E-state index is 13.5. The normalized spacial score (nSPS) is 19.1. The van der Waals surface area contributed by atoms with Gasteiger partial charge < -0.3 is 15.6 Å². The van der Waals surface area contributed by atoms with E-state index in [1.165, 1.54) is 34.4 Å². The topological polar surface area (TPSA) is 151 Å². The Morgan fingerprint density at radius 1 is 1.41 bits per heavy atom. The summed E-state index contributed by atoms with van der Waals surface area (Å²) in [6.45, 7) is 5.83. The van der Waals surface area contributed by atoms with Crippen molar-refractivity contribution in [1.82, 2.24) is 15.4 Å². The van der Waals surface area contributed by atoms with E-state index in [9.17, 15) is 14.9 Å². The summed E-state index contributed by atoms with van der Waals surface area (Å²) in [5.41, 5.74) is 8.01. The first-order valence-electron chi connectivity index (χ1n) is 11.4. The molecule has 1 unspecified atom stereocenters. The number of amides is 1. The Morgan fingerprint density at radius 3 is 2.89 bits per heavy atom. The second-order valence-corrected chi connectivity index (χ2v) is 12.7. The van der Waals surface area contributed by atoms with Crippen molar-refractivity contribution >= 4 is 57.1 Å². The summed E-state index contributed by atoms with van der Waals surface area (Å²) in [4.78, 5) is 28.4. The number of hydrogen-bond donors (Lipinski definition) is 2. The zero-order valence-corrected chi connectivity index (χ0v) is 22.7. The number of thiophene rings is 1. The molecule has 1 aliphatic carbocycles. The van der Waals surface area contributed by atoms with Crippen LogP contribution in [0, 0.1) is 23.7 Å². The number of allylic oxidation sites excluding steroid dienone is 3. The van der Waals surface area contributed by atoms with Crippen molar-refractivity contribution in [3.63, 3.8) is 0 Å². The Labute approximate surface area is 225 Å². The molecule has 0 aromatic carbocycles. The van der Waals surface area contributed by atoms with Crippen LogP contribution in [-0.2, 0) is 9.59 Å². The molecule has 0 fully saturated rings. The lowest BCUT2D eigenvalue weighted by Crippen LogP contribution is -2.42. The number of nitrogens with one attached hydrogen (secondary N) is 1. The summed E-state index contributed by atoms with van der Waals surface area (Å²) in [6.07, 6.45) is 0.981. The van der Waals surface area contributed by atoms with E-state index in [-0.39, 0.29) is 28.7 Å². The van der Waals surface area contributed by atoms with Gasteiger partial charge in [0.1, 0.15) is 11.6 Å². The number of thioether (sulfide) groups is 1. The van der Waals surface area contributed by atoms with Crippen LogP contribution in [0.3, 0.4) is 0 Å². The van der Waals surface area contributed by atoms with Crippen molar-refractivity contribution in [1.29, 1.82) is 5.26 Å². The lowest BCUT2D eigenvalue weighted by atomic mass is 9.70. The molecule has 13 heteroatoms. The molecule has 5 rings (SSSR count). The second kappa shape index (κ2) is 9.77. The van der Waals surface area contributed by atoms with E-state index in [0.717, 1.165) is 10.6 Å². The summed E-state index contributed by atoms with van der Waals surface area (Å²) in [5, 5.41) is 27.5. The van der Waals surface area contributed by atoms with Gasteiger partial charge >= 0.3 is 0 Å². The van der Waals surface area contributed by atoms with E-state index >= 15 is 0 Å². The summed E-state index contributed by atoms with van der Waals surface area (Å²) >= 11 is 3.97. The van der Waals surface area contributed by atoms with E-state index < -0.39 is 5.92 Å². The number of aromatic nitrogens is 3. The first kappa shape index (κ1) is 25.2. The molecule has 3 aromatic rings. The number of aryl methyl sites for hydroxylation is 1. The highest BCUT2D eigenvalue weighted by molar-refractivity contribution is 8.01. The first-order chi connectivity index (χ1) is 17.7. The van der Waals surface area contributed by atoms with Crippen LogP contribution in [0.15, 0.2) is 55.1 Å². The minimum Gasteiger partial charge on any atom is -0.384 e. The summed E-state index contributed by atoms with van der Waals surface area (Å²) in [7, 11) is 0. The SMILES string of the molecule is Cc1cc(NC(=O)CSc2nnc(N3C(N)=C(C#N)C(c4cccs4)C4=C3CC(C)(C)CC4=O)s2)no1. The predicted molar refractivity (Wildman–Crippen MR) is 142 cm³/mol. The Kier molecular flexibility index (Phi) is 6.65. The Morgan fingerprint density at radius 2 is 2.22 bits per heavy atom. The zero-order chi connectivity index (χ0) is 26.3. The van der Waals surface area contributed by atoms with Gasteiger partial charge in [0, 0.05) is 28.6 Å². The molecule has 1 atom stereocenters. The summed E-state index contributed by atoms with van der Waals surface area (Å²) in [6, 6.07) is 7.72. The molecule has 37 heavy (non-hydrogen) atoms. The fourth-order valence-corrected chi connectivity index (χ4v) is 7.07. The average molecular weight is 554 g/mol. The molecule has 4 heterocycles. The number of Topliss-reactive ketones (excluding diaryl/α,β-unsaturated/α-hetero) is 1. The number of ketones is 1. The van der Waals surface area contributed by atoms with Crippen LogP contribution < -0.4 is 16.0 Å². The molecule has 3 N–H and O–H groups in total. The summed E-state index contributed by atoms with van der Waals surface area (Å²) in [5.74, 6) is 0.536. The Hall–Kier alpha value is -3.47. The molecule has 3 aromatic heterocycles. The monoisotopic (exact) mass is 553 g/mol. The van der Waals surface area contributed by atoms with Crippen LogP contribution in [0.25, 0.3) is 0 Å². The van der Waals surface area contributed by atoms with Crippen LogP contribution in [0.5, 0.6) is 0 Å². The molecule has 1 amide bonds. The molecule has 10 nitrogen and oxygen atoms in total. The average Bonchev–Trinajstić information content (AvgIpc) is 3.59. The third-order valence-corrected chi connectivity index (χ3v) is 9.00. The van der Waals surface area contributed by atoms with Gasteiger partial charge in [-0.15, -0.1) is 21.5 Å². The third kappa shape index (κ3) is 4.92. The highest BCUT2D eigenvalue weighted by Gasteiger charge is 2.45. The molecule has 1 aliphatic heterocycles. The number of anilines is 2. The van der Waals surface area contributed by atoms with Gasteiger partial charge in [-0.25, -0.2) is 0 Å². The van der Waals surface area contributed by atoms with Crippen molar-refractivity contribution in [3.8, 4) is 6.07 Å². The quantitative estimate of drug-likeness (QED) is 0.415. The van der Waals surface area contributed by atoms with Crippen molar-refractivity contribution in [2.45, 2.75) is 43.9 Å². The molecule has 0 saturated heterocycles. The highest BCUT2D eigenvalue weighted by atomic mass is 32.2. The van der Waals surface area contributed by atoms with Gasteiger partial charge in [-0.3, -0.25) is 14.5 Å².